The fourth-order valence-electron chi connectivity index (χ4n) is 1.59. The number of sulfone groups is 1. The molecule has 0 bridgehead atoms. The molecule has 0 aliphatic carbocycles. The highest BCUT2D eigenvalue weighted by atomic mass is 32.2. The lowest BCUT2D eigenvalue weighted by Gasteiger charge is -2.14. The maximum Gasteiger partial charge on any atom is 0.303 e. The van der Waals surface area contributed by atoms with Crippen molar-refractivity contribution >= 4 is 33.1 Å². The van der Waals surface area contributed by atoms with E-state index in [1.54, 1.807) is 0 Å². The first-order valence-corrected chi connectivity index (χ1v) is 7.58. The van der Waals surface area contributed by atoms with E-state index in [0.29, 0.717) is 24.5 Å². The van der Waals surface area contributed by atoms with Gasteiger partial charge in [-0.1, -0.05) is 0 Å². The van der Waals surface area contributed by atoms with E-state index in [1.165, 1.54) is 0 Å². The summed E-state index contributed by atoms with van der Waals surface area (Å²) >= 11 is 4.98. The molecule has 6 nitrogen and oxygen atoms in total. The fourth-order valence-corrected chi connectivity index (χ4v) is 3.53. The van der Waals surface area contributed by atoms with Crippen LogP contribution in [0.15, 0.2) is 0 Å². The molecular weight excluding hydrogens is 264 g/mol. The molecule has 1 fully saturated rings. The first kappa shape index (κ1) is 14.2. The Balaban J connectivity index is 2.16. The molecule has 1 aliphatic rings. The number of carboxylic acid groups (broad SMARTS) is 1. The second-order valence-electron chi connectivity index (χ2n) is 4.00. The van der Waals surface area contributed by atoms with Crippen LogP contribution in [-0.4, -0.2) is 48.7 Å². The van der Waals surface area contributed by atoms with Gasteiger partial charge in [-0.2, -0.15) is 0 Å². The van der Waals surface area contributed by atoms with Crippen LogP contribution in [0.25, 0.3) is 0 Å². The summed E-state index contributed by atoms with van der Waals surface area (Å²) in [5, 5.41) is 14.6. The van der Waals surface area contributed by atoms with Crippen molar-refractivity contribution < 1.29 is 18.3 Å². The van der Waals surface area contributed by atoms with Crippen molar-refractivity contribution in [2.24, 2.45) is 0 Å². The van der Waals surface area contributed by atoms with Gasteiger partial charge in [-0.3, -0.25) is 4.79 Å². The molecular formula is C9H16N2O4S2. The third kappa shape index (κ3) is 5.83. The van der Waals surface area contributed by atoms with Crippen LogP contribution in [0.5, 0.6) is 0 Å². The van der Waals surface area contributed by atoms with E-state index in [2.05, 4.69) is 10.6 Å². The van der Waals surface area contributed by atoms with Crippen LogP contribution in [0.1, 0.15) is 19.3 Å². The average molecular weight is 280 g/mol. The molecule has 1 rings (SSSR count). The molecule has 1 heterocycles. The van der Waals surface area contributed by atoms with E-state index in [-0.39, 0.29) is 24.0 Å². The Kier molecular flexibility index (Phi) is 5.13. The lowest BCUT2D eigenvalue weighted by Crippen LogP contribution is -2.42. The van der Waals surface area contributed by atoms with Crippen molar-refractivity contribution in [2.45, 2.75) is 25.3 Å². The number of carbonyl (C=O) groups is 1. The molecule has 1 atom stereocenters. The highest BCUT2D eigenvalue weighted by Gasteiger charge is 2.27. The van der Waals surface area contributed by atoms with Gasteiger partial charge in [0.15, 0.2) is 14.9 Å². The number of thiocarbonyl (C=S) groups is 1. The van der Waals surface area contributed by atoms with Crippen LogP contribution in [0, 0.1) is 0 Å². The van der Waals surface area contributed by atoms with Crippen LogP contribution >= 0.6 is 12.2 Å². The Labute approximate surface area is 106 Å². The van der Waals surface area contributed by atoms with Crippen LogP contribution in [0.4, 0.5) is 0 Å². The number of nitrogens with one attached hydrogen (secondary N) is 2. The van der Waals surface area contributed by atoms with Gasteiger partial charge >= 0.3 is 5.97 Å². The van der Waals surface area contributed by atoms with Gasteiger partial charge < -0.3 is 15.7 Å². The Morgan fingerprint density at radius 1 is 1.47 bits per heavy atom. The number of carboxylic acids is 1. The van der Waals surface area contributed by atoms with E-state index in [9.17, 15) is 13.2 Å². The number of aliphatic carboxylic acids is 1. The molecule has 1 saturated heterocycles. The molecule has 0 amide bonds. The van der Waals surface area contributed by atoms with E-state index in [0.717, 1.165) is 0 Å². The summed E-state index contributed by atoms with van der Waals surface area (Å²) in [6, 6.07) is -0.125. The Morgan fingerprint density at radius 2 is 2.18 bits per heavy atom. The number of hydrogen-bond donors (Lipinski definition) is 3. The SMILES string of the molecule is O=C(O)CCCNC(=S)N[C@H]1CCS(=O)(=O)C1. The smallest absolute Gasteiger partial charge is 0.303 e. The molecule has 0 unspecified atom stereocenters. The predicted molar refractivity (Wildman–Crippen MR) is 67.7 cm³/mol. The summed E-state index contributed by atoms with van der Waals surface area (Å²) in [6.45, 7) is 0.470. The quantitative estimate of drug-likeness (QED) is 0.461. The summed E-state index contributed by atoms with van der Waals surface area (Å²) in [7, 11) is -2.91. The van der Waals surface area contributed by atoms with Gasteiger partial charge in [0, 0.05) is 19.0 Å². The second-order valence-corrected chi connectivity index (χ2v) is 6.63. The maximum absolute atomic E-state index is 11.2. The monoisotopic (exact) mass is 280 g/mol. The maximum atomic E-state index is 11.2. The van der Waals surface area contributed by atoms with Gasteiger partial charge in [0.05, 0.1) is 11.5 Å². The Hall–Kier alpha value is -0.890. The largest absolute Gasteiger partial charge is 0.481 e. The van der Waals surface area contributed by atoms with Crippen molar-refractivity contribution in [1.82, 2.24) is 10.6 Å². The van der Waals surface area contributed by atoms with E-state index >= 15 is 0 Å². The van der Waals surface area contributed by atoms with E-state index < -0.39 is 15.8 Å². The summed E-state index contributed by atoms with van der Waals surface area (Å²) in [5.41, 5.74) is 0. The van der Waals surface area contributed by atoms with Gasteiger partial charge in [0.25, 0.3) is 0 Å². The minimum absolute atomic E-state index is 0.0907. The summed E-state index contributed by atoms with van der Waals surface area (Å²) in [5.74, 6) is -0.525. The lowest BCUT2D eigenvalue weighted by atomic mass is 10.3. The molecule has 98 valence electrons. The summed E-state index contributed by atoms with van der Waals surface area (Å²) in [4.78, 5) is 10.3. The summed E-state index contributed by atoms with van der Waals surface area (Å²) < 4.78 is 22.4. The topological polar surface area (TPSA) is 95.5 Å². The van der Waals surface area contributed by atoms with Crippen LogP contribution in [0.2, 0.25) is 0 Å². The molecule has 0 saturated carbocycles. The van der Waals surface area contributed by atoms with Gasteiger partial charge in [0.2, 0.25) is 0 Å². The molecule has 17 heavy (non-hydrogen) atoms. The first-order valence-electron chi connectivity index (χ1n) is 5.35. The molecule has 1 aliphatic heterocycles. The number of rotatable bonds is 5. The van der Waals surface area contributed by atoms with E-state index in [1.807, 2.05) is 0 Å². The average Bonchev–Trinajstić information content (AvgIpc) is 2.52. The molecule has 0 aromatic rings. The predicted octanol–water partition coefficient (Wildman–Crippen LogP) is -0.498. The Morgan fingerprint density at radius 3 is 2.71 bits per heavy atom. The normalized spacial score (nSPS) is 22.0. The standard InChI is InChI=1S/C9H16N2O4S2/c12-8(13)2-1-4-10-9(16)11-7-3-5-17(14,15)6-7/h7H,1-6H2,(H,12,13)(H2,10,11,16)/t7-/m0/s1. The van der Waals surface area contributed by atoms with Gasteiger partial charge in [0.1, 0.15) is 0 Å². The Bertz CT molecular complexity index is 394. The molecule has 0 radical (unpaired) electrons. The van der Waals surface area contributed by atoms with Gasteiger partial charge in [-0.15, -0.1) is 0 Å². The second kappa shape index (κ2) is 6.15. The lowest BCUT2D eigenvalue weighted by molar-refractivity contribution is -0.137. The molecule has 0 aromatic carbocycles. The fraction of sp³-hybridized carbons (Fsp3) is 0.778. The van der Waals surface area contributed by atoms with Crippen molar-refractivity contribution in [3.63, 3.8) is 0 Å². The highest BCUT2D eigenvalue weighted by molar-refractivity contribution is 7.91. The zero-order valence-corrected chi connectivity index (χ0v) is 10.9. The van der Waals surface area contributed by atoms with Crippen LogP contribution < -0.4 is 10.6 Å². The molecule has 0 aromatic heterocycles. The molecule has 8 heteroatoms. The van der Waals surface area contributed by atoms with Crippen molar-refractivity contribution in [3.8, 4) is 0 Å². The van der Waals surface area contributed by atoms with Gasteiger partial charge in [-0.05, 0) is 25.1 Å². The minimum Gasteiger partial charge on any atom is -0.481 e. The minimum atomic E-state index is -2.91. The third-order valence-electron chi connectivity index (χ3n) is 2.42. The van der Waals surface area contributed by atoms with Crippen molar-refractivity contribution in [2.75, 3.05) is 18.1 Å². The highest BCUT2D eigenvalue weighted by Crippen LogP contribution is 2.10. The van der Waals surface area contributed by atoms with Gasteiger partial charge in [-0.25, -0.2) is 8.42 Å². The van der Waals surface area contributed by atoms with Crippen LogP contribution in [-0.2, 0) is 14.6 Å². The number of hydrogen-bond acceptors (Lipinski definition) is 4. The molecule has 0 spiro atoms. The first-order chi connectivity index (χ1) is 7.89. The van der Waals surface area contributed by atoms with E-state index in [4.69, 9.17) is 17.3 Å². The van der Waals surface area contributed by atoms with Crippen molar-refractivity contribution in [3.05, 3.63) is 0 Å². The van der Waals surface area contributed by atoms with Crippen molar-refractivity contribution in [1.29, 1.82) is 0 Å². The zero-order valence-electron chi connectivity index (χ0n) is 9.31. The van der Waals surface area contributed by atoms with Crippen LogP contribution in [0.3, 0.4) is 0 Å². The third-order valence-corrected chi connectivity index (χ3v) is 4.45. The zero-order chi connectivity index (χ0) is 12.9. The molecule has 3 N–H and O–H groups in total. The summed E-state index contributed by atoms with van der Waals surface area (Å²) in [6.07, 6.45) is 1.15.